The monoisotopic (exact) mass is 436 g/mol. The van der Waals surface area contributed by atoms with E-state index in [-0.39, 0.29) is 0 Å². The number of aliphatic imine (C=N–C) groups is 1. The maximum atomic E-state index is 5.56. The number of nitrogens with zero attached hydrogens (tertiary/aromatic N) is 2. The number of anilines is 1. The Labute approximate surface area is 156 Å². The summed E-state index contributed by atoms with van der Waals surface area (Å²) in [5.74, 6) is 0.921. The van der Waals surface area contributed by atoms with Gasteiger partial charge >= 0.3 is 0 Å². The van der Waals surface area contributed by atoms with Gasteiger partial charge in [0.2, 0.25) is 0 Å². The lowest BCUT2D eigenvalue weighted by atomic mass is 10.2. The normalized spacial score (nSPS) is 15.0. The summed E-state index contributed by atoms with van der Waals surface area (Å²) in [7, 11) is 0. The summed E-state index contributed by atoms with van der Waals surface area (Å²) < 4.78 is 12.0. The quantitative estimate of drug-likeness (QED) is 0.519. The summed E-state index contributed by atoms with van der Waals surface area (Å²) >= 11 is 2.29. The Bertz CT molecular complexity index is 695. The van der Waals surface area contributed by atoms with E-state index in [1.165, 1.54) is 5.69 Å². The van der Waals surface area contributed by atoms with Crippen LogP contribution in [0.3, 0.4) is 0 Å². The predicted octanol–water partition coefficient (Wildman–Crippen LogP) is 4.28. The molecule has 126 valence electrons. The molecule has 2 aromatic carbocycles. The molecule has 2 aromatic rings. The fourth-order valence-corrected chi connectivity index (χ4v) is 3.29. The first-order valence-electron chi connectivity index (χ1n) is 8.15. The summed E-state index contributed by atoms with van der Waals surface area (Å²) in [6, 6.07) is 14.5. The summed E-state index contributed by atoms with van der Waals surface area (Å²) in [5, 5.41) is 0. The summed E-state index contributed by atoms with van der Waals surface area (Å²) in [6.07, 6.45) is 1.89. The van der Waals surface area contributed by atoms with Crippen LogP contribution in [0.25, 0.3) is 0 Å². The number of ether oxygens (including phenoxy) is 2. The van der Waals surface area contributed by atoms with Crippen molar-refractivity contribution in [3.05, 3.63) is 51.6 Å². The third-order valence-electron chi connectivity index (χ3n) is 3.84. The first-order chi connectivity index (χ1) is 11.8. The van der Waals surface area contributed by atoms with Gasteiger partial charge in [0, 0.05) is 25.0 Å². The summed E-state index contributed by atoms with van der Waals surface area (Å²) in [5.41, 5.74) is 3.25. The molecule has 0 saturated carbocycles. The minimum absolute atomic E-state index is 0.679. The molecule has 0 radical (unpaired) electrons. The van der Waals surface area contributed by atoms with Crippen molar-refractivity contribution in [1.82, 2.24) is 0 Å². The van der Waals surface area contributed by atoms with Gasteiger partial charge in [-0.05, 0) is 77.5 Å². The zero-order valence-corrected chi connectivity index (χ0v) is 15.9. The Morgan fingerprint density at radius 2 is 1.92 bits per heavy atom. The van der Waals surface area contributed by atoms with Crippen LogP contribution >= 0.6 is 22.6 Å². The standard InChI is InChI=1S/C19H21IN2O2/c1-2-24-19-8-3-15(13-18(19)20)14-21-16-4-6-17(7-5-16)22-9-11-23-12-10-22/h3-8,13-14H,2,9-12H2,1H3. The maximum absolute atomic E-state index is 5.56. The van der Waals surface area contributed by atoms with Crippen molar-refractivity contribution in [2.24, 2.45) is 4.99 Å². The van der Waals surface area contributed by atoms with E-state index in [1.54, 1.807) is 0 Å². The molecule has 0 aromatic heterocycles. The second-order valence-electron chi connectivity index (χ2n) is 5.50. The van der Waals surface area contributed by atoms with Gasteiger partial charge < -0.3 is 14.4 Å². The van der Waals surface area contributed by atoms with E-state index < -0.39 is 0 Å². The second kappa shape index (κ2) is 8.48. The van der Waals surface area contributed by atoms with Crippen LogP contribution < -0.4 is 9.64 Å². The van der Waals surface area contributed by atoms with E-state index in [1.807, 2.05) is 25.3 Å². The fraction of sp³-hybridized carbons (Fsp3) is 0.316. The number of halogens is 1. The molecule has 1 fully saturated rings. The molecule has 0 unspecified atom stereocenters. The van der Waals surface area contributed by atoms with Gasteiger partial charge in [-0.1, -0.05) is 0 Å². The lowest BCUT2D eigenvalue weighted by Crippen LogP contribution is -2.36. The van der Waals surface area contributed by atoms with E-state index in [9.17, 15) is 0 Å². The largest absolute Gasteiger partial charge is 0.493 e. The Balaban J connectivity index is 1.67. The van der Waals surface area contributed by atoms with Crippen molar-refractivity contribution in [3.63, 3.8) is 0 Å². The van der Waals surface area contributed by atoms with E-state index in [0.29, 0.717) is 6.61 Å². The first kappa shape index (κ1) is 17.2. The van der Waals surface area contributed by atoms with Gasteiger partial charge in [-0.25, -0.2) is 0 Å². The number of hydrogen-bond acceptors (Lipinski definition) is 4. The van der Waals surface area contributed by atoms with E-state index in [4.69, 9.17) is 9.47 Å². The van der Waals surface area contributed by atoms with Crippen molar-refractivity contribution in [2.75, 3.05) is 37.8 Å². The molecule has 1 aliphatic heterocycles. The van der Waals surface area contributed by atoms with Gasteiger partial charge in [-0.3, -0.25) is 4.99 Å². The third kappa shape index (κ3) is 4.48. The average Bonchev–Trinajstić information content (AvgIpc) is 2.63. The van der Waals surface area contributed by atoms with Gasteiger partial charge in [-0.15, -0.1) is 0 Å². The highest BCUT2D eigenvalue weighted by molar-refractivity contribution is 14.1. The smallest absolute Gasteiger partial charge is 0.132 e. The van der Waals surface area contributed by atoms with Crippen molar-refractivity contribution in [1.29, 1.82) is 0 Å². The highest BCUT2D eigenvalue weighted by Crippen LogP contribution is 2.23. The van der Waals surface area contributed by atoms with Crippen molar-refractivity contribution < 1.29 is 9.47 Å². The lowest BCUT2D eigenvalue weighted by molar-refractivity contribution is 0.122. The molecule has 0 amide bonds. The molecule has 4 nitrogen and oxygen atoms in total. The molecule has 0 bridgehead atoms. The van der Waals surface area contributed by atoms with Crippen molar-refractivity contribution >= 4 is 40.2 Å². The molecule has 24 heavy (non-hydrogen) atoms. The molecule has 5 heteroatoms. The molecule has 0 spiro atoms. The average molecular weight is 436 g/mol. The molecular weight excluding hydrogens is 415 g/mol. The molecular formula is C19H21IN2O2. The van der Waals surface area contributed by atoms with E-state index >= 15 is 0 Å². The Hall–Kier alpha value is -1.60. The van der Waals surface area contributed by atoms with Crippen LogP contribution in [0.2, 0.25) is 0 Å². The van der Waals surface area contributed by atoms with Crippen LogP contribution in [-0.2, 0) is 4.74 Å². The van der Waals surface area contributed by atoms with Crippen LogP contribution in [0.1, 0.15) is 12.5 Å². The SMILES string of the molecule is CCOc1ccc(C=Nc2ccc(N3CCOCC3)cc2)cc1I. The second-order valence-corrected chi connectivity index (χ2v) is 6.66. The summed E-state index contributed by atoms with van der Waals surface area (Å²) in [4.78, 5) is 6.91. The molecule has 0 N–H and O–H groups in total. The molecule has 1 saturated heterocycles. The van der Waals surface area contributed by atoms with Crippen molar-refractivity contribution in [2.45, 2.75) is 6.92 Å². The third-order valence-corrected chi connectivity index (χ3v) is 4.69. The number of benzene rings is 2. The molecule has 0 aliphatic carbocycles. The molecule has 0 atom stereocenters. The topological polar surface area (TPSA) is 34.1 Å². The Morgan fingerprint density at radius 3 is 2.58 bits per heavy atom. The van der Waals surface area contributed by atoms with Gasteiger partial charge in [-0.2, -0.15) is 0 Å². The van der Waals surface area contributed by atoms with Crippen LogP contribution in [0.4, 0.5) is 11.4 Å². The van der Waals surface area contributed by atoms with Gasteiger partial charge in [0.05, 0.1) is 29.1 Å². The van der Waals surface area contributed by atoms with Gasteiger partial charge in [0.1, 0.15) is 5.75 Å². The lowest BCUT2D eigenvalue weighted by Gasteiger charge is -2.28. The minimum atomic E-state index is 0.679. The van der Waals surface area contributed by atoms with Crippen LogP contribution in [0.15, 0.2) is 47.5 Å². The van der Waals surface area contributed by atoms with Gasteiger partial charge in [0.15, 0.2) is 0 Å². The highest BCUT2D eigenvalue weighted by Gasteiger charge is 2.10. The zero-order chi connectivity index (χ0) is 16.8. The van der Waals surface area contributed by atoms with Crippen LogP contribution in [0.5, 0.6) is 5.75 Å². The number of morpholine rings is 1. The maximum Gasteiger partial charge on any atom is 0.132 e. The number of rotatable bonds is 5. The van der Waals surface area contributed by atoms with Gasteiger partial charge in [0.25, 0.3) is 0 Å². The minimum Gasteiger partial charge on any atom is -0.493 e. The first-order valence-corrected chi connectivity index (χ1v) is 9.23. The molecule has 3 rings (SSSR count). The van der Waals surface area contributed by atoms with Crippen molar-refractivity contribution in [3.8, 4) is 5.75 Å². The van der Waals surface area contributed by atoms with E-state index in [2.05, 4.69) is 62.8 Å². The molecule has 1 heterocycles. The molecule has 1 aliphatic rings. The van der Waals surface area contributed by atoms with Crippen LogP contribution in [-0.4, -0.2) is 39.1 Å². The Morgan fingerprint density at radius 1 is 1.17 bits per heavy atom. The number of hydrogen-bond donors (Lipinski definition) is 0. The summed E-state index contributed by atoms with van der Waals surface area (Å²) in [6.45, 7) is 6.18. The fourth-order valence-electron chi connectivity index (χ4n) is 2.59. The predicted molar refractivity (Wildman–Crippen MR) is 107 cm³/mol. The highest BCUT2D eigenvalue weighted by atomic mass is 127. The zero-order valence-electron chi connectivity index (χ0n) is 13.7. The van der Waals surface area contributed by atoms with Crippen LogP contribution in [0, 0.1) is 3.57 Å². The Kier molecular flexibility index (Phi) is 6.09. The van der Waals surface area contributed by atoms with E-state index in [0.717, 1.165) is 46.9 Å².